The molecule has 10 rings (SSSR count). The fourth-order valence-electron chi connectivity index (χ4n) is 10.1. The summed E-state index contributed by atoms with van der Waals surface area (Å²) in [5.41, 5.74) is 20.1. The highest BCUT2D eigenvalue weighted by molar-refractivity contribution is 6.11. The standard InChI is InChI=1S/C64H60N2/c1-44(2)41-61(64(4,5)6)52-21-19-50(20-22-52)53-29-39-62-59(42-53)60-43-54(30-40-63(60)66(62)58-31-17-45(3)18-32-58)51-27-37-57(38-28-51)65(55-33-23-48(24-34-55)46-13-9-7-10-14-46)56-35-25-49(26-36-56)47-15-11-8-12-16-47/h7-25,27-35,37-40,42-44,61H,26,36,41H2,1-6H3. The molecule has 0 fully saturated rings. The van der Waals surface area contributed by atoms with Crippen LogP contribution in [-0.2, 0) is 0 Å². The number of rotatable bonds is 11. The summed E-state index contributed by atoms with van der Waals surface area (Å²) >= 11 is 0. The second-order valence-electron chi connectivity index (χ2n) is 19.8. The fraction of sp³-hybridized carbons (Fsp3) is 0.188. The maximum Gasteiger partial charge on any atom is 0.0541 e. The van der Waals surface area contributed by atoms with E-state index in [0.29, 0.717) is 11.8 Å². The summed E-state index contributed by atoms with van der Waals surface area (Å²) in [5.74, 6) is 1.16. The minimum atomic E-state index is 0.201. The Morgan fingerprint density at radius 3 is 1.44 bits per heavy atom. The highest BCUT2D eigenvalue weighted by Crippen LogP contribution is 2.43. The van der Waals surface area contributed by atoms with Crippen molar-refractivity contribution in [1.82, 2.24) is 4.57 Å². The quantitative estimate of drug-likeness (QED) is 0.126. The number of benzene rings is 8. The maximum absolute atomic E-state index is 2.44. The Labute approximate surface area is 392 Å². The lowest BCUT2D eigenvalue weighted by molar-refractivity contribution is 0.280. The summed E-state index contributed by atoms with van der Waals surface area (Å²) < 4.78 is 2.43. The molecular formula is C64H60N2. The second kappa shape index (κ2) is 18.0. The highest BCUT2D eigenvalue weighted by atomic mass is 15.1. The number of hydrogen-bond donors (Lipinski definition) is 0. The number of nitrogens with zero attached hydrogens (tertiary/aromatic N) is 2. The van der Waals surface area contributed by atoms with E-state index < -0.39 is 0 Å². The van der Waals surface area contributed by atoms with Crippen LogP contribution in [0.5, 0.6) is 0 Å². The molecule has 9 aromatic rings. The molecule has 0 saturated heterocycles. The van der Waals surface area contributed by atoms with Gasteiger partial charge < -0.3 is 9.47 Å². The zero-order valence-electron chi connectivity index (χ0n) is 39.3. The molecule has 0 amide bonds. The molecule has 1 aromatic heterocycles. The van der Waals surface area contributed by atoms with E-state index in [1.54, 1.807) is 0 Å². The first-order chi connectivity index (χ1) is 32.1. The first kappa shape index (κ1) is 42.8. The third kappa shape index (κ3) is 8.69. The summed E-state index contributed by atoms with van der Waals surface area (Å²) in [7, 11) is 0. The molecule has 1 aliphatic carbocycles. The largest absolute Gasteiger partial charge is 0.314 e. The summed E-state index contributed by atoms with van der Waals surface area (Å²) in [5, 5.41) is 2.51. The minimum absolute atomic E-state index is 0.201. The fourth-order valence-corrected chi connectivity index (χ4v) is 10.1. The van der Waals surface area contributed by atoms with Crippen molar-refractivity contribution in [2.24, 2.45) is 11.3 Å². The van der Waals surface area contributed by atoms with Crippen LogP contribution in [0.2, 0.25) is 0 Å². The lowest BCUT2D eigenvalue weighted by Gasteiger charge is -2.32. The first-order valence-corrected chi connectivity index (χ1v) is 23.8. The molecular weight excluding hydrogens is 797 g/mol. The van der Waals surface area contributed by atoms with Gasteiger partial charge in [0.1, 0.15) is 0 Å². The third-order valence-electron chi connectivity index (χ3n) is 13.7. The van der Waals surface area contributed by atoms with Crippen molar-refractivity contribution in [2.45, 2.75) is 66.7 Å². The lowest BCUT2D eigenvalue weighted by Crippen LogP contribution is -2.20. The molecule has 1 aliphatic rings. The molecule has 0 bridgehead atoms. The lowest BCUT2D eigenvalue weighted by atomic mass is 9.72. The number of aromatic nitrogens is 1. The summed E-state index contributed by atoms with van der Waals surface area (Å²) in [6.45, 7) is 14.0. The molecule has 2 nitrogen and oxygen atoms in total. The van der Waals surface area contributed by atoms with E-state index in [1.165, 1.54) is 95.3 Å². The molecule has 0 N–H and O–H groups in total. The third-order valence-corrected chi connectivity index (χ3v) is 13.7. The molecule has 1 heterocycles. The molecule has 1 atom stereocenters. The molecule has 1 unspecified atom stereocenters. The van der Waals surface area contributed by atoms with Gasteiger partial charge in [0, 0.05) is 33.5 Å². The molecule has 326 valence electrons. The van der Waals surface area contributed by atoms with Crippen molar-refractivity contribution in [3.8, 4) is 39.1 Å². The van der Waals surface area contributed by atoms with E-state index >= 15 is 0 Å². The second-order valence-corrected chi connectivity index (χ2v) is 19.8. The Kier molecular flexibility index (Phi) is 11.7. The van der Waals surface area contributed by atoms with Gasteiger partial charge in [-0.1, -0.05) is 180 Å². The zero-order chi connectivity index (χ0) is 45.4. The van der Waals surface area contributed by atoms with Crippen molar-refractivity contribution in [3.63, 3.8) is 0 Å². The topological polar surface area (TPSA) is 8.17 Å². The van der Waals surface area contributed by atoms with Gasteiger partial charge in [0.05, 0.1) is 11.0 Å². The van der Waals surface area contributed by atoms with Crippen LogP contribution in [0.4, 0.5) is 11.4 Å². The van der Waals surface area contributed by atoms with Gasteiger partial charge in [-0.3, -0.25) is 0 Å². The molecule has 0 saturated carbocycles. The van der Waals surface area contributed by atoms with Crippen LogP contribution in [0.1, 0.15) is 76.5 Å². The SMILES string of the molecule is Cc1ccc(-n2c3ccc(-c4ccc(C(CC(C)C)C(C)(C)C)cc4)cc3c3cc(-c4ccc(N(C5=CC=C(c6ccccc6)CC5)c5ccc(-c6ccccc6)cc5)cc4)ccc32)cc1. The van der Waals surface area contributed by atoms with Gasteiger partial charge in [-0.25, -0.2) is 0 Å². The van der Waals surface area contributed by atoms with Crippen LogP contribution in [0.25, 0.3) is 66.4 Å². The Morgan fingerprint density at radius 2 is 0.955 bits per heavy atom. The molecule has 2 heteroatoms. The number of hydrogen-bond acceptors (Lipinski definition) is 1. The first-order valence-electron chi connectivity index (χ1n) is 23.8. The number of anilines is 2. The highest BCUT2D eigenvalue weighted by Gasteiger charge is 2.27. The number of fused-ring (bicyclic) bond motifs is 3. The molecule has 0 radical (unpaired) electrons. The molecule has 0 spiro atoms. The van der Waals surface area contributed by atoms with Crippen LogP contribution in [0, 0.1) is 18.3 Å². The van der Waals surface area contributed by atoms with Gasteiger partial charge >= 0.3 is 0 Å². The van der Waals surface area contributed by atoms with Crippen LogP contribution < -0.4 is 4.90 Å². The normalized spacial score (nSPS) is 13.5. The molecule has 8 aromatic carbocycles. The van der Waals surface area contributed by atoms with Crippen molar-refractivity contribution in [2.75, 3.05) is 4.90 Å². The van der Waals surface area contributed by atoms with Gasteiger partial charge in [0.25, 0.3) is 0 Å². The number of aryl methyl sites for hydroxylation is 1. The Hall–Kier alpha value is -7.16. The Balaban J connectivity index is 1.03. The Bertz CT molecular complexity index is 3180. The molecule has 0 aliphatic heterocycles. The van der Waals surface area contributed by atoms with Crippen LogP contribution in [-0.4, -0.2) is 4.57 Å². The van der Waals surface area contributed by atoms with E-state index in [2.05, 4.69) is 257 Å². The summed E-state index contributed by atoms with van der Waals surface area (Å²) in [6.07, 6.45) is 7.76. The van der Waals surface area contributed by atoms with E-state index in [4.69, 9.17) is 0 Å². The van der Waals surface area contributed by atoms with Crippen molar-refractivity contribution < 1.29 is 0 Å². The maximum atomic E-state index is 2.44. The average Bonchev–Trinajstić information content (AvgIpc) is 3.67. The van der Waals surface area contributed by atoms with Crippen LogP contribution in [0.15, 0.2) is 212 Å². The minimum Gasteiger partial charge on any atom is -0.314 e. The van der Waals surface area contributed by atoms with E-state index in [9.17, 15) is 0 Å². The monoisotopic (exact) mass is 856 g/mol. The van der Waals surface area contributed by atoms with E-state index in [0.717, 1.165) is 24.2 Å². The van der Waals surface area contributed by atoms with Crippen molar-refractivity contribution in [1.29, 1.82) is 0 Å². The van der Waals surface area contributed by atoms with Gasteiger partial charge in [0.15, 0.2) is 0 Å². The van der Waals surface area contributed by atoms with Crippen LogP contribution in [0.3, 0.4) is 0 Å². The van der Waals surface area contributed by atoms with E-state index in [-0.39, 0.29) is 5.41 Å². The van der Waals surface area contributed by atoms with Crippen LogP contribution >= 0.6 is 0 Å². The smallest absolute Gasteiger partial charge is 0.0541 e. The summed E-state index contributed by atoms with van der Waals surface area (Å²) in [4.78, 5) is 2.44. The van der Waals surface area contributed by atoms with Crippen molar-refractivity contribution >= 4 is 38.8 Å². The number of allylic oxidation sites excluding steroid dienone is 4. The molecule has 66 heavy (non-hydrogen) atoms. The summed E-state index contributed by atoms with van der Waals surface area (Å²) in [6, 6.07) is 72.0. The van der Waals surface area contributed by atoms with Gasteiger partial charge in [-0.2, -0.15) is 0 Å². The zero-order valence-corrected chi connectivity index (χ0v) is 39.3. The van der Waals surface area contributed by atoms with Gasteiger partial charge in [-0.05, 0) is 160 Å². The van der Waals surface area contributed by atoms with Crippen molar-refractivity contribution in [3.05, 3.63) is 229 Å². The average molecular weight is 857 g/mol. The van der Waals surface area contributed by atoms with E-state index in [1.807, 2.05) is 0 Å². The Morgan fingerprint density at radius 1 is 0.485 bits per heavy atom. The predicted molar refractivity (Wildman–Crippen MR) is 284 cm³/mol. The van der Waals surface area contributed by atoms with Gasteiger partial charge in [-0.15, -0.1) is 0 Å². The van der Waals surface area contributed by atoms with Gasteiger partial charge in [0.2, 0.25) is 0 Å². The predicted octanol–water partition coefficient (Wildman–Crippen LogP) is 18.2.